The van der Waals surface area contributed by atoms with Gasteiger partial charge in [-0.15, -0.1) is 10.2 Å². The van der Waals surface area contributed by atoms with Crippen LogP contribution in [0.1, 0.15) is 60.3 Å². The summed E-state index contributed by atoms with van der Waals surface area (Å²) in [6.07, 6.45) is 4.89. The third-order valence-corrected chi connectivity index (χ3v) is 10.9. The highest BCUT2D eigenvalue weighted by molar-refractivity contribution is 8.00. The van der Waals surface area contributed by atoms with E-state index in [4.69, 9.17) is 9.72 Å². The van der Waals surface area contributed by atoms with Crippen LogP contribution in [0.15, 0.2) is 95.0 Å². The molecular formula is C38H35N5O4S2. The Bertz CT molecular complexity index is 2240. The molecule has 1 atom stereocenters. The summed E-state index contributed by atoms with van der Waals surface area (Å²) < 4.78 is 8.57. The van der Waals surface area contributed by atoms with E-state index >= 15 is 0 Å². The number of aryl methyl sites for hydroxylation is 2. The van der Waals surface area contributed by atoms with Crippen LogP contribution in [0, 0.1) is 13.8 Å². The molecule has 1 aliphatic heterocycles. The summed E-state index contributed by atoms with van der Waals surface area (Å²) >= 11 is 2.76. The number of unbranched alkanes of at least 4 members (excludes halogenated alkanes) is 2. The molecule has 0 saturated carbocycles. The van der Waals surface area contributed by atoms with Gasteiger partial charge in [0, 0.05) is 11.9 Å². The molecule has 6 aromatic rings. The van der Waals surface area contributed by atoms with E-state index in [2.05, 4.69) is 41.4 Å². The van der Waals surface area contributed by atoms with E-state index < -0.39 is 17.7 Å². The molecule has 1 amide bonds. The zero-order chi connectivity index (χ0) is 34.1. The number of Topliss-reactive ketones (excluding diaryl/α,β-unsaturated/α-hetero) is 1. The zero-order valence-corrected chi connectivity index (χ0v) is 29.1. The third-order valence-electron chi connectivity index (χ3n) is 8.78. The summed E-state index contributed by atoms with van der Waals surface area (Å²) in [4.78, 5) is 33.9. The number of rotatable bonds is 11. The van der Waals surface area contributed by atoms with E-state index in [0.29, 0.717) is 39.4 Å². The molecule has 0 radical (unpaired) electrons. The molecule has 1 unspecified atom stereocenters. The number of ketones is 1. The first-order valence-corrected chi connectivity index (χ1v) is 18.1. The molecule has 0 aliphatic carbocycles. The van der Waals surface area contributed by atoms with Gasteiger partial charge < -0.3 is 14.2 Å². The van der Waals surface area contributed by atoms with Crippen molar-refractivity contribution in [2.75, 3.05) is 11.5 Å². The second kappa shape index (κ2) is 13.9. The molecule has 1 aliphatic rings. The van der Waals surface area contributed by atoms with Crippen LogP contribution in [0.4, 0.5) is 5.13 Å². The molecular weight excluding hydrogens is 655 g/mol. The number of aromatic nitrogens is 4. The number of fused-ring (bicyclic) bond motifs is 2. The number of hydrogen-bond acceptors (Lipinski definition) is 9. The maximum atomic E-state index is 13.9. The van der Waals surface area contributed by atoms with Gasteiger partial charge in [-0.25, -0.2) is 4.98 Å². The van der Waals surface area contributed by atoms with Crippen LogP contribution in [0.3, 0.4) is 0 Å². The number of benzene rings is 3. The average molecular weight is 690 g/mol. The highest BCUT2D eigenvalue weighted by Gasteiger charge is 2.49. The summed E-state index contributed by atoms with van der Waals surface area (Å²) in [6, 6.07) is 24.6. The lowest BCUT2D eigenvalue weighted by Gasteiger charge is -2.23. The van der Waals surface area contributed by atoms with Gasteiger partial charge in [-0.3, -0.25) is 14.5 Å². The van der Waals surface area contributed by atoms with Crippen molar-refractivity contribution in [3.8, 4) is 5.75 Å². The van der Waals surface area contributed by atoms with Crippen molar-refractivity contribution < 1.29 is 19.4 Å². The van der Waals surface area contributed by atoms with Gasteiger partial charge in [0.25, 0.3) is 5.78 Å². The van der Waals surface area contributed by atoms with Crippen LogP contribution < -0.4 is 9.64 Å². The van der Waals surface area contributed by atoms with Crippen LogP contribution in [0.2, 0.25) is 0 Å². The number of amides is 1. The number of carbonyl (C=O) groups is 2. The van der Waals surface area contributed by atoms with Crippen LogP contribution in [0.25, 0.3) is 22.2 Å². The Labute approximate surface area is 292 Å². The van der Waals surface area contributed by atoms with Crippen LogP contribution in [0.5, 0.6) is 5.75 Å². The van der Waals surface area contributed by atoms with Crippen molar-refractivity contribution in [2.24, 2.45) is 0 Å². The lowest BCUT2D eigenvalue weighted by atomic mass is 9.96. The molecule has 7 rings (SSSR count). The lowest BCUT2D eigenvalue weighted by molar-refractivity contribution is -0.132. The van der Waals surface area contributed by atoms with E-state index in [1.165, 1.54) is 33.4 Å². The summed E-state index contributed by atoms with van der Waals surface area (Å²) in [5.74, 6) is -0.675. The van der Waals surface area contributed by atoms with Gasteiger partial charge in [0.2, 0.25) is 5.13 Å². The molecule has 248 valence electrons. The van der Waals surface area contributed by atoms with Crippen molar-refractivity contribution in [1.29, 1.82) is 0 Å². The number of nitrogens with zero attached hydrogens (tertiary/aromatic N) is 5. The quantitative estimate of drug-likeness (QED) is 0.0361. The zero-order valence-electron chi connectivity index (χ0n) is 27.4. The number of anilines is 1. The monoisotopic (exact) mass is 689 g/mol. The molecule has 11 heteroatoms. The second-order valence-electron chi connectivity index (χ2n) is 12.0. The van der Waals surface area contributed by atoms with Crippen LogP contribution in [-0.4, -0.2) is 43.0 Å². The molecule has 1 N–H and O–H groups in total. The fourth-order valence-electron chi connectivity index (χ4n) is 6.25. The highest BCUT2D eigenvalue weighted by atomic mass is 32.2. The topological polar surface area (TPSA) is 110 Å². The Morgan fingerprint density at radius 1 is 0.980 bits per heavy atom. The number of aliphatic hydroxyl groups is 1. The van der Waals surface area contributed by atoms with E-state index in [1.54, 1.807) is 0 Å². The first kappa shape index (κ1) is 32.5. The molecule has 3 aromatic heterocycles. The minimum absolute atomic E-state index is 0.0579. The SMILES string of the molecule is CCCCCOc1cccc(C2/C(=C(\O)c3nc4c(C)cccn4c3C)C(=O)C(=O)N2c2nnc(SCc3cccc4ccccc34)s2)c1. The van der Waals surface area contributed by atoms with Gasteiger partial charge in [-0.1, -0.05) is 104 Å². The highest BCUT2D eigenvalue weighted by Crippen LogP contribution is 2.45. The van der Waals surface area contributed by atoms with Gasteiger partial charge in [0.1, 0.15) is 17.1 Å². The maximum Gasteiger partial charge on any atom is 0.301 e. The van der Waals surface area contributed by atoms with Crippen molar-refractivity contribution in [3.63, 3.8) is 0 Å². The number of carbonyl (C=O) groups excluding carboxylic acids is 2. The fourth-order valence-corrected chi connectivity index (χ4v) is 8.12. The summed E-state index contributed by atoms with van der Waals surface area (Å²) in [5.41, 5.74) is 4.17. The lowest BCUT2D eigenvalue weighted by Crippen LogP contribution is -2.29. The van der Waals surface area contributed by atoms with Gasteiger partial charge in [-0.2, -0.15) is 0 Å². The van der Waals surface area contributed by atoms with Crippen LogP contribution in [-0.2, 0) is 15.3 Å². The van der Waals surface area contributed by atoms with Crippen LogP contribution >= 0.6 is 23.1 Å². The normalized spacial score (nSPS) is 15.9. The van der Waals surface area contributed by atoms with E-state index in [0.717, 1.165) is 35.8 Å². The number of aliphatic hydroxyl groups excluding tert-OH is 1. The Balaban J connectivity index is 1.28. The molecule has 1 fully saturated rings. The second-order valence-corrected chi connectivity index (χ2v) is 14.2. The third kappa shape index (κ3) is 6.20. The van der Waals surface area contributed by atoms with Crippen molar-refractivity contribution >= 4 is 62.1 Å². The number of pyridine rings is 1. The number of thioether (sulfide) groups is 1. The molecule has 3 aromatic carbocycles. The predicted octanol–water partition coefficient (Wildman–Crippen LogP) is 8.44. The molecule has 0 spiro atoms. The van der Waals surface area contributed by atoms with Gasteiger partial charge >= 0.3 is 5.91 Å². The fraction of sp³-hybridized carbons (Fsp3) is 0.237. The van der Waals surface area contributed by atoms with E-state index in [1.807, 2.05) is 79.0 Å². The number of ether oxygens (including phenoxy) is 1. The Kier molecular flexibility index (Phi) is 9.20. The maximum absolute atomic E-state index is 13.9. The molecule has 49 heavy (non-hydrogen) atoms. The van der Waals surface area contributed by atoms with Gasteiger partial charge in [-0.05, 0) is 65.9 Å². The molecule has 4 heterocycles. The number of hydrogen-bond donors (Lipinski definition) is 1. The molecule has 9 nitrogen and oxygen atoms in total. The van der Waals surface area contributed by atoms with Crippen molar-refractivity contribution in [3.05, 3.63) is 119 Å². The van der Waals surface area contributed by atoms with Crippen molar-refractivity contribution in [2.45, 2.75) is 56.2 Å². The average Bonchev–Trinajstić information content (AvgIpc) is 3.80. The molecule has 0 bridgehead atoms. The summed E-state index contributed by atoms with van der Waals surface area (Å²) in [7, 11) is 0. The summed E-state index contributed by atoms with van der Waals surface area (Å²) in [5, 5.41) is 23.3. The van der Waals surface area contributed by atoms with Gasteiger partial charge in [0.15, 0.2) is 10.1 Å². The Morgan fingerprint density at radius 3 is 2.63 bits per heavy atom. The number of imidazole rings is 1. The first-order valence-electron chi connectivity index (χ1n) is 16.3. The van der Waals surface area contributed by atoms with Gasteiger partial charge in [0.05, 0.1) is 23.9 Å². The Morgan fingerprint density at radius 2 is 1.80 bits per heavy atom. The van der Waals surface area contributed by atoms with E-state index in [9.17, 15) is 14.7 Å². The standard InChI is InChI=1S/C38H35N5O4S2/c1-4-5-8-20-47-28-17-10-15-26(21-28)32-30(33(44)31-24(3)42-19-11-12-23(2)35(42)39-31)34(45)36(46)43(32)37-40-41-38(49-37)48-22-27-16-9-14-25-13-6-7-18-29(25)27/h6-7,9-19,21,32,44H,4-5,8,20,22H2,1-3H3/b33-30+. The predicted molar refractivity (Wildman–Crippen MR) is 194 cm³/mol. The smallest absolute Gasteiger partial charge is 0.301 e. The summed E-state index contributed by atoms with van der Waals surface area (Å²) in [6.45, 7) is 6.44. The van der Waals surface area contributed by atoms with E-state index in [-0.39, 0.29) is 22.2 Å². The minimum atomic E-state index is -0.978. The Hall–Kier alpha value is -5.00. The minimum Gasteiger partial charge on any atom is -0.505 e. The largest absolute Gasteiger partial charge is 0.505 e. The molecule has 1 saturated heterocycles. The first-order chi connectivity index (χ1) is 23.9. The van der Waals surface area contributed by atoms with Crippen molar-refractivity contribution in [1.82, 2.24) is 19.6 Å².